The second-order valence-electron chi connectivity index (χ2n) is 3.75. The molecule has 0 aromatic heterocycles. The molecular weight excluding hydrogens is 305 g/mol. The van der Waals surface area contributed by atoms with Crippen molar-refractivity contribution in [2.45, 2.75) is 10.6 Å². The number of halogens is 2. The third kappa shape index (κ3) is 3.62. The predicted molar refractivity (Wildman–Crippen MR) is 79.1 cm³/mol. The lowest BCUT2D eigenvalue weighted by Gasteiger charge is -2.05. The van der Waals surface area contributed by atoms with Crippen molar-refractivity contribution < 1.29 is 4.92 Å². The Labute approximate surface area is 124 Å². The Morgan fingerprint density at radius 1 is 1.11 bits per heavy atom. The van der Waals surface area contributed by atoms with Crippen molar-refractivity contribution in [1.29, 1.82) is 0 Å². The van der Waals surface area contributed by atoms with Gasteiger partial charge in [0.05, 0.1) is 9.95 Å². The van der Waals surface area contributed by atoms with Crippen LogP contribution < -0.4 is 0 Å². The summed E-state index contributed by atoms with van der Waals surface area (Å²) in [6.45, 7) is 0. The lowest BCUT2D eigenvalue weighted by molar-refractivity contribution is -0.384. The zero-order valence-electron chi connectivity index (χ0n) is 9.68. The molecule has 0 aliphatic heterocycles. The van der Waals surface area contributed by atoms with E-state index in [0.29, 0.717) is 15.8 Å². The van der Waals surface area contributed by atoms with Gasteiger partial charge in [-0.05, 0) is 23.8 Å². The van der Waals surface area contributed by atoms with Crippen molar-refractivity contribution in [3.8, 4) is 0 Å². The fraction of sp³-hybridized carbons (Fsp3) is 0.0769. The first-order chi connectivity index (χ1) is 9.08. The second kappa shape index (κ2) is 6.28. The Balaban J connectivity index is 2.17. The topological polar surface area (TPSA) is 43.1 Å². The maximum Gasteiger partial charge on any atom is 0.269 e. The second-order valence-corrected chi connectivity index (χ2v) is 5.58. The zero-order chi connectivity index (χ0) is 13.8. The van der Waals surface area contributed by atoms with Crippen molar-refractivity contribution in [2.75, 3.05) is 0 Å². The number of nitro groups is 1. The number of rotatable bonds is 4. The summed E-state index contributed by atoms with van der Waals surface area (Å²) >= 11 is 13.6. The van der Waals surface area contributed by atoms with Crippen molar-refractivity contribution in [3.63, 3.8) is 0 Å². The molecule has 2 rings (SSSR count). The van der Waals surface area contributed by atoms with Crippen molar-refractivity contribution >= 4 is 40.7 Å². The highest BCUT2D eigenvalue weighted by Gasteiger charge is 2.10. The van der Waals surface area contributed by atoms with Crippen LogP contribution in [0.4, 0.5) is 5.69 Å². The summed E-state index contributed by atoms with van der Waals surface area (Å²) in [4.78, 5) is 11.2. The van der Waals surface area contributed by atoms with Crippen LogP contribution in [-0.4, -0.2) is 4.92 Å². The van der Waals surface area contributed by atoms with Gasteiger partial charge in [-0.3, -0.25) is 10.1 Å². The van der Waals surface area contributed by atoms with Crippen LogP contribution in [0.3, 0.4) is 0 Å². The van der Waals surface area contributed by atoms with E-state index in [1.54, 1.807) is 12.1 Å². The summed E-state index contributed by atoms with van der Waals surface area (Å²) in [6.07, 6.45) is 0. The summed E-state index contributed by atoms with van der Waals surface area (Å²) in [6, 6.07) is 11.9. The van der Waals surface area contributed by atoms with E-state index in [-0.39, 0.29) is 5.69 Å². The minimum atomic E-state index is -0.431. The molecule has 2 aromatic rings. The van der Waals surface area contributed by atoms with Crippen LogP contribution in [0.1, 0.15) is 5.56 Å². The van der Waals surface area contributed by atoms with Gasteiger partial charge in [0.25, 0.3) is 5.69 Å². The van der Waals surface area contributed by atoms with Gasteiger partial charge in [0.2, 0.25) is 0 Å². The molecule has 0 unspecified atom stereocenters. The number of non-ortho nitro benzene ring substituents is 1. The molecule has 0 amide bonds. The molecule has 19 heavy (non-hydrogen) atoms. The minimum Gasteiger partial charge on any atom is -0.258 e. The lowest BCUT2D eigenvalue weighted by atomic mass is 10.2. The maximum absolute atomic E-state index is 10.7. The fourth-order valence-electron chi connectivity index (χ4n) is 1.50. The van der Waals surface area contributed by atoms with Gasteiger partial charge in [0.1, 0.15) is 0 Å². The molecule has 0 spiro atoms. The molecule has 0 radical (unpaired) electrons. The van der Waals surface area contributed by atoms with E-state index in [1.165, 1.54) is 23.9 Å². The lowest BCUT2D eigenvalue weighted by Crippen LogP contribution is -1.90. The number of hydrogen-bond acceptors (Lipinski definition) is 3. The van der Waals surface area contributed by atoms with Gasteiger partial charge in [-0.15, -0.1) is 11.8 Å². The van der Waals surface area contributed by atoms with Crippen LogP contribution in [0.15, 0.2) is 47.4 Å². The SMILES string of the molecule is O=[N+]([O-])c1ccc(Cl)c(CSc2ccccc2Cl)c1. The number of benzene rings is 2. The summed E-state index contributed by atoms with van der Waals surface area (Å²) in [5.41, 5.74) is 0.764. The normalized spacial score (nSPS) is 10.4. The van der Waals surface area contributed by atoms with Crippen LogP contribution in [0.25, 0.3) is 0 Å². The first-order valence-corrected chi connectivity index (χ1v) is 7.12. The maximum atomic E-state index is 10.7. The van der Waals surface area contributed by atoms with E-state index < -0.39 is 4.92 Å². The summed E-state index contributed by atoms with van der Waals surface area (Å²) in [7, 11) is 0. The van der Waals surface area contributed by atoms with Gasteiger partial charge >= 0.3 is 0 Å². The molecule has 98 valence electrons. The van der Waals surface area contributed by atoms with Crippen LogP contribution in [0, 0.1) is 10.1 Å². The zero-order valence-corrected chi connectivity index (χ0v) is 12.0. The predicted octanol–water partition coefficient (Wildman–Crippen LogP) is 5.19. The van der Waals surface area contributed by atoms with Gasteiger partial charge in [-0.2, -0.15) is 0 Å². The quantitative estimate of drug-likeness (QED) is 0.443. The fourth-order valence-corrected chi connectivity index (χ4v) is 3.00. The molecule has 2 aromatic carbocycles. The Kier molecular flexibility index (Phi) is 4.69. The third-order valence-corrected chi connectivity index (χ3v) is 4.39. The summed E-state index contributed by atoms with van der Waals surface area (Å²) < 4.78 is 0. The molecule has 0 saturated heterocycles. The highest BCUT2D eigenvalue weighted by atomic mass is 35.5. The molecule has 6 heteroatoms. The van der Waals surface area contributed by atoms with E-state index in [0.717, 1.165) is 10.5 Å². The molecule has 0 N–H and O–H groups in total. The molecule has 3 nitrogen and oxygen atoms in total. The summed E-state index contributed by atoms with van der Waals surface area (Å²) in [5, 5.41) is 11.9. The molecule has 0 bridgehead atoms. The molecule has 0 saturated carbocycles. The average Bonchev–Trinajstić information content (AvgIpc) is 2.39. The standard InChI is InChI=1S/C13H9Cl2NO2S/c14-11-6-5-10(16(17)18)7-9(11)8-19-13-4-2-1-3-12(13)15/h1-7H,8H2. The number of nitro benzene ring substituents is 1. The molecule has 0 heterocycles. The number of thioether (sulfide) groups is 1. The third-order valence-electron chi connectivity index (χ3n) is 2.46. The van der Waals surface area contributed by atoms with Crippen LogP contribution in [-0.2, 0) is 5.75 Å². The molecule has 0 aliphatic carbocycles. The Morgan fingerprint density at radius 2 is 1.84 bits per heavy atom. The Hall–Kier alpha value is -1.23. The molecular formula is C13H9Cl2NO2S. The van der Waals surface area contributed by atoms with Gasteiger partial charge in [0, 0.05) is 27.8 Å². The largest absolute Gasteiger partial charge is 0.269 e. The number of nitrogens with zero attached hydrogens (tertiary/aromatic N) is 1. The average molecular weight is 314 g/mol. The number of hydrogen-bond donors (Lipinski definition) is 0. The highest BCUT2D eigenvalue weighted by molar-refractivity contribution is 7.98. The molecule has 0 aliphatic rings. The minimum absolute atomic E-state index is 0.0409. The van der Waals surface area contributed by atoms with Crippen LogP contribution in [0.5, 0.6) is 0 Å². The monoisotopic (exact) mass is 313 g/mol. The first kappa shape index (κ1) is 14.2. The van der Waals surface area contributed by atoms with E-state index >= 15 is 0 Å². The van der Waals surface area contributed by atoms with E-state index in [9.17, 15) is 10.1 Å². The highest BCUT2D eigenvalue weighted by Crippen LogP contribution is 2.32. The van der Waals surface area contributed by atoms with Crippen molar-refractivity contribution in [1.82, 2.24) is 0 Å². The van der Waals surface area contributed by atoms with Gasteiger partial charge in [-0.1, -0.05) is 35.3 Å². The van der Waals surface area contributed by atoms with Gasteiger partial charge < -0.3 is 0 Å². The smallest absolute Gasteiger partial charge is 0.258 e. The summed E-state index contributed by atoms with van der Waals surface area (Å²) in [5.74, 6) is 0.532. The molecule has 0 atom stereocenters. The van der Waals surface area contributed by atoms with Gasteiger partial charge in [-0.25, -0.2) is 0 Å². The van der Waals surface area contributed by atoms with E-state index in [1.807, 2.05) is 18.2 Å². The van der Waals surface area contributed by atoms with Crippen molar-refractivity contribution in [3.05, 3.63) is 68.2 Å². The Morgan fingerprint density at radius 3 is 2.53 bits per heavy atom. The van der Waals surface area contributed by atoms with Crippen LogP contribution in [0.2, 0.25) is 10.0 Å². The van der Waals surface area contributed by atoms with Gasteiger partial charge in [0.15, 0.2) is 0 Å². The van der Waals surface area contributed by atoms with Crippen LogP contribution >= 0.6 is 35.0 Å². The molecule has 0 fully saturated rings. The first-order valence-electron chi connectivity index (χ1n) is 5.38. The van der Waals surface area contributed by atoms with E-state index in [2.05, 4.69) is 0 Å². The van der Waals surface area contributed by atoms with E-state index in [4.69, 9.17) is 23.2 Å². The Bertz CT molecular complexity index is 619. The van der Waals surface area contributed by atoms with Crippen molar-refractivity contribution in [2.24, 2.45) is 0 Å².